The lowest BCUT2D eigenvalue weighted by atomic mass is 10.2. The Morgan fingerprint density at radius 3 is 2.59 bits per heavy atom. The number of nitrogens with zero attached hydrogens (tertiary/aromatic N) is 4. The fourth-order valence-electron chi connectivity index (χ4n) is 3.64. The summed E-state index contributed by atoms with van der Waals surface area (Å²) in [6.45, 7) is 8.58. The number of carbonyl (C=O) groups excluding carboxylic acids is 2. The van der Waals surface area contributed by atoms with Gasteiger partial charge in [0, 0.05) is 25.3 Å². The highest BCUT2D eigenvalue weighted by Crippen LogP contribution is 2.25. The Morgan fingerprint density at radius 1 is 1.09 bits per heavy atom. The molecule has 0 saturated carbocycles. The van der Waals surface area contributed by atoms with Gasteiger partial charge in [-0.2, -0.15) is 0 Å². The molecule has 3 heterocycles. The second-order valence-corrected chi connectivity index (χ2v) is 8.95. The molecule has 32 heavy (non-hydrogen) atoms. The average molecular weight is 437 g/mol. The predicted octanol–water partition coefficient (Wildman–Crippen LogP) is 3.71. The average Bonchev–Trinajstić information content (AvgIpc) is 3.35. The number of ether oxygens (including phenoxy) is 1. The number of nitrogens with one attached hydrogen (secondary N) is 2. The number of hydrogen-bond acceptors (Lipinski definition) is 6. The molecule has 2 N–H and O–H groups in total. The molecule has 1 atom stereocenters. The van der Waals surface area contributed by atoms with Gasteiger partial charge in [-0.05, 0) is 58.4 Å². The second kappa shape index (κ2) is 8.49. The third kappa shape index (κ3) is 4.82. The summed E-state index contributed by atoms with van der Waals surface area (Å²) in [7, 11) is 0. The monoisotopic (exact) mass is 436 g/mol. The molecule has 1 fully saturated rings. The van der Waals surface area contributed by atoms with Crippen molar-refractivity contribution in [2.75, 3.05) is 23.7 Å². The summed E-state index contributed by atoms with van der Waals surface area (Å²) >= 11 is 0. The van der Waals surface area contributed by atoms with Crippen LogP contribution in [0, 0.1) is 6.92 Å². The van der Waals surface area contributed by atoms with E-state index in [9.17, 15) is 9.59 Å². The molecule has 0 bridgehead atoms. The molecule has 1 saturated heterocycles. The van der Waals surface area contributed by atoms with Crippen LogP contribution in [0.4, 0.5) is 16.2 Å². The quantitative estimate of drug-likeness (QED) is 0.647. The Hall–Kier alpha value is -3.62. The van der Waals surface area contributed by atoms with Crippen LogP contribution in [0.1, 0.15) is 43.4 Å². The zero-order valence-corrected chi connectivity index (χ0v) is 18.8. The summed E-state index contributed by atoms with van der Waals surface area (Å²) in [5.74, 6) is 0.489. The van der Waals surface area contributed by atoms with Gasteiger partial charge in [0.15, 0.2) is 5.65 Å². The van der Waals surface area contributed by atoms with Gasteiger partial charge in [0.05, 0.1) is 16.9 Å². The number of rotatable bonds is 4. The van der Waals surface area contributed by atoms with Crippen molar-refractivity contribution in [3.8, 4) is 0 Å². The maximum Gasteiger partial charge on any atom is 0.410 e. The summed E-state index contributed by atoms with van der Waals surface area (Å²) in [5.41, 5.74) is 2.16. The van der Waals surface area contributed by atoms with E-state index in [1.807, 2.05) is 52.0 Å². The number of pyridine rings is 1. The van der Waals surface area contributed by atoms with Crippen LogP contribution in [0.5, 0.6) is 0 Å². The molecule has 168 valence electrons. The lowest BCUT2D eigenvalue weighted by molar-refractivity contribution is 0.0293. The van der Waals surface area contributed by atoms with Crippen molar-refractivity contribution in [1.29, 1.82) is 0 Å². The van der Waals surface area contributed by atoms with Gasteiger partial charge in [0.2, 0.25) is 0 Å². The fraction of sp³-hybridized carbons (Fsp3) is 0.391. The highest BCUT2D eigenvalue weighted by Gasteiger charge is 2.30. The topological polar surface area (TPSA) is 101 Å². The molecule has 0 spiro atoms. The molecular weight excluding hydrogens is 408 g/mol. The second-order valence-electron chi connectivity index (χ2n) is 8.95. The smallest absolute Gasteiger partial charge is 0.410 e. The highest BCUT2D eigenvalue weighted by atomic mass is 16.6. The maximum atomic E-state index is 12.9. The van der Waals surface area contributed by atoms with Gasteiger partial charge in [-0.1, -0.05) is 12.1 Å². The molecule has 1 aliphatic heterocycles. The van der Waals surface area contributed by atoms with E-state index in [2.05, 4.69) is 20.8 Å². The summed E-state index contributed by atoms with van der Waals surface area (Å²) < 4.78 is 7.25. The van der Waals surface area contributed by atoms with Gasteiger partial charge < -0.3 is 20.3 Å². The number of carbonyl (C=O) groups is 2. The molecule has 0 radical (unpaired) electrons. The van der Waals surface area contributed by atoms with E-state index in [-0.39, 0.29) is 18.0 Å². The lowest BCUT2D eigenvalue weighted by Gasteiger charge is -2.24. The molecule has 3 aromatic rings. The minimum Gasteiger partial charge on any atom is -0.444 e. The molecule has 0 aliphatic carbocycles. The van der Waals surface area contributed by atoms with Crippen molar-refractivity contribution >= 4 is 29.0 Å². The number of para-hydroxylation sites is 2. The van der Waals surface area contributed by atoms with Crippen LogP contribution in [0.2, 0.25) is 0 Å². The molecule has 1 aromatic carbocycles. The van der Waals surface area contributed by atoms with Gasteiger partial charge in [0.1, 0.15) is 11.4 Å². The zero-order valence-electron chi connectivity index (χ0n) is 18.8. The number of aryl methyl sites for hydroxylation is 1. The minimum absolute atomic E-state index is 0.0663. The SMILES string of the molecule is Cc1nnc2ccc(C(=O)Nc3ccccc3N[C@@H]3CCN(C(=O)OC(C)(C)C)C3)cn12. The van der Waals surface area contributed by atoms with Gasteiger partial charge >= 0.3 is 6.09 Å². The molecule has 9 nitrogen and oxygen atoms in total. The van der Waals surface area contributed by atoms with Crippen LogP contribution in [-0.2, 0) is 4.74 Å². The number of fused-ring (bicyclic) bond motifs is 1. The summed E-state index contributed by atoms with van der Waals surface area (Å²) in [6.07, 6.45) is 2.22. The van der Waals surface area contributed by atoms with Crippen molar-refractivity contribution in [3.63, 3.8) is 0 Å². The standard InChI is InChI=1S/C23H28N6O3/c1-15-26-27-20-10-9-16(13-29(15)20)21(30)25-19-8-6-5-7-18(19)24-17-11-12-28(14-17)22(31)32-23(2,3)4/h5-10,13,17,24H,11-12,14H2,1-4H3,(H,25,30)/t17-/m1/s1. The van der Waals surface area contributed by atoms with E-state index in [1.54, 1.807) is 27.6 Å². The van der Waals surface area contributed by atoms with Crippen molar-refractivity contribution in [1.82, 2.24) is 19.5 Å². The normalized spacial score (nSPS) is 16.2. The van der Waals surface area contributed by atoms with E-state index in [0.717, 1.165) is 12.1 Å². The summed E-state index contributed by atoms with van der Waals surface area (Å²) in [4.78, 5) is 26.9. The zero-order chi connectivity index (χ0) is 22.9. The molecule has 9 heteroatoms. The fourth-order valence-corrected chi connectivity index (χ4v) is 3.64. The molecule has 2 aromatic heterocycles. The third-order valence-electron chi connectivity index (χ3n) is 5.21. The molecule has 4 rings (SSSR count). The minimum atomic E-state index is -0.520. The largest absolute Gasteiger partial charge is 0.444 e. The van der Waals surface area contributed by atoms with Crippen LogP contribution in [-0.4, -0.2) is 56.2 Å². The van der Waals surface area contributed by atoms with Crippen LogP contribution in [0.15, 0.2) is 42.6 Å². The molecule has 1 aliphatic rings. The Morgan fingerprint density at radius 2 is 1.84 bits per heavy atom. The molecule has 0 unspecified atom stereocenters. The van der Waals surface area contributed by atoms with Crippen molar-refractivity contribution in [2.24, 2.45) is 0 Å². The van der Waals surface area contributed by atoms with E-state index >= 15 is 0 Å². The Balaban J connectivity index is 1.43. The van der Waals surface area contributed by atoms with Crippen LogP contribution < -0.4 is 10.6 Å². The summed E-state index contributed by atoms with van der Waals surface area (Å²) in [6, 6.07) is 11.1. The van der Waals surface area contributed by atoms with Crippen LogP contribution >= 0.6 is 0 Å². The van der Waals surface area contributed by atoms with Gasteiger partial charge in [-0.15, -0.1) is 10.2 Å². The van der Waals surface area contributed by atoms with Gasteiger partial charge in [-0.3, -0.25) is 9.20 Å². The van der Waals surface area contributed by atoms with Crippen molar-refractivity contribution in [2.45, 2.75) is 45.8 Å². The molecular formula is C23H28N6O3. The summed E-state index contributed by atoms with van der Waals surface area (Å²) in [5, 5.41) is 14.5. The van der Waals surface area contributed by atoms with E-state index in [1.165, 1.54) is 0 Å². The van der Waals surface area contributed by atoms with E-state index in [0.29, 0.717) is 35.8 Å². The first kappa shape index (κ1) is 21.6. The van der Waals surface area contributed by atoms with Gasteiger partial charge in [0.25, 0.3) is 5.91 Å². The van der Waals surface area contributed by atoms with Gasteiger partial charge in [-0.25, -0.2) is 4.79 Å². The Kier molecular flexibility index (Phi) is 5.73. The number of amides is 2. The van der Waals surface area contributed by atoms with Crippen molar-refractivity contribution < 1.29 is 14.3 Å². The number of aromatic nitrogens is 3. The van der Waals surface area contributed by atoms with E-state index in [4.69, 9.17) is 4.74 Å². The molecule has 2 amide bonds. The first-order chi connectivity index (χ1) is 15.2. The Bertz CT molecular complexity index is 1150. The Labute approximate surface area is 186 Å². The predicted molar refractivity (Wildman–Crippen MR) is 122 cm³/mol. The number of anilines is 2. The number of likely N-dealkylation sites (tertiary alicyclic amines) is 1. The lowest BCUT2D eigenvalue weighted by Crippen LogP contribution is -2.36. The number of hydrogen-bond donors (Lipinski definition) is 2. The van der Waals surface area contributed by atoms with E-state index < -0.39 is 5.60 Å². The third-order valence-corrected chi connectivity index (χ3v) is 5.21. The number of benzene rings is 1. The van der Waals surface area contributed by atoms with Crippen LogP contribution in [0.3, 0.4) is 0 Å². The first-order valence-corrected chi connectivity index (χ1v) is 10.7. The van der Waals surface area contributed by atoms with Crippen molar-refractivity contribution in [3.05, 3.63) is 54.0 Å². The first-order valence-electron chi connectivity index (χ1n) is 10.7. The van der Waals surface area contributed by atoms with Crippen LogP contribution in [0.25, 0.3) is 5.65 Å². The maximum absolute atomic E-state index is 12.9. The highest BCUT2D eigenvalue weighted by molar-refractivity contribution is 6.05.